The zero-order chi connectivity index (χ0) is 14.7. The SMILES string of the molecule is C=C1NCNC(c2ccccc2C)C1C(=O)OC(C)C. The number of ether oxygens (including phenoxy) is 1. The van der Waals surface area contributed by atoms with Gasteiger partial charge in [0.2, 0.25) is 0 Å². The molecule has 4 heteroatoms. The number of esters is 1. The fourth-order valence-electron chi connectivity index (χ4n) is 2.51. The molecular weight excluding hydrogens is 252 g/mol. The summed E-state index contributed by atoms with van der Waals surface area (Å²) in [7, 11) is 0. The quantitative estimate of drug-likeness (QED) is 0.830. The molecule has 0 bridgehead atoms. The van der Waals surface area contributed by atoms with E-state index in [9.17, 15) is 4.79 Å². The molecule has 0 aliphatic carbocycles. The van der Waals surface area contributed by atoms with Crippen molar-refractivity contribution < 1.29 is 9.53 Å². The molecule has 4 nitrogen and oxygen atoms in total. The van der Waals surface area contributed by atoms with E-state index in [1.807, 2.05) is 45.0 Å². The predicted molar refractivity (Wildman–Crippen MR) is 78.9 cm³/mol. The Morgan fingerprint density at radius 3 is 2.75 bits per heavy atom. The summed E-state index contributed by atoms with van der Waals surface area (Å²) in [5, 5.41) is 6.44. The summed E-state index contributed by atoms with van der Waals surface area (Å²) in [4.78, 5) is 12.4. The van der Waals surface area contributed by atoms with Crippen LogP contribution in [0.2, 0.25) is 0 Å². The molecule has 2 N–H and O–H groups in total. The lowest BCUT2D eigenvalue weighted by Gasteiger charge is -2.35. The monoisotopic (exact) mass is 274 g/mol. The summed E-state index contributed by atoms with van der Waals surface area (Å²) < 4.78 is 5.37. The Morgan fingerprint density at radius 1 is 1.40 bits per heavy atom. The van der Waals surface area contributed by atoms with Crippen molar-refractivity contribution in [2.75, 3.05) is 6.67 Å². The molecule has 0 aromatic heterocycles. The Hall–Kier alpha value is -1.81. The van der Waals surface area contributed by atoms with Gasteiger partial charge in [0.1, 0.15) is 5.92 Å². The first-order valence-corrected chi connectivity index (χ1v) is 6.92. The summed E-state index contributed by atoms with van der Waals surface area (Å²) in [5.74, 6) is -0.648. The van der Waals surface area contributed by atoms with E-state index in [0.717, 1.165) is 11.1 Å². The van der Waals surface area contributed by atoms with Crippen molar-refractivity contribution >= 4 is 5.97 Å². The van der Waals surface area contributed by atoms with Crippen LogP contribution in [0.3, 0.4) is 0 Å². The van der Waals surface area contributed by atoms with Gasteiger partial charge in [-0.15, -0.1) is 0 Å². The first-order chi connectivity index (χ1) is 9.50. The van der Waals surface area contributed by atoms with Crippen LogP contribution in [0.15, 0.2) is 36.5 Å². The fourth-order valence-corrected chi connectivity index (χ4v) is 2.51. The maximum Gasteiger partial charge on any atom is 0.317 e. The average molecular weight is 274 g/mol. The van der Waals surface area contributed by atoms with E-state index in [2.05, 4.69) is 17.2 Å². The minimum atomic E-state index is -0.410. The average Bonchev–Trinajstić information content (AvgIpc) is 2.38. The standard InChI is InChI=1S/C16H22N2O2/c1-10(2)20-16(19)14-12(4)17-9-18-15(14)13-8-6-5-7-11(13)3/h5-8,10,14-15,17-18H,4,9H2,1-3H3. The molecule has 1 fully saturated rings. The van der Waals surface area contributed by atoms with Gasteiger partial charge in [-0.2, -0.15) is 0 Å². The highest BCUT2D eigenvalue weighted by atomic mass is 16.5. The van der Waals surface area contributed by atoms with Crippen molar-refractivity contribution in [3.8, 4) is 0 Å². The van der Waals surface area contributed by atoms with Crippen LogP contribution in [0, 0.1) is 12.8 Å². The topological polar surface area (TPSA) is 50.4 Å². The molecule has 1 aliphatic rings. The first-order valence-electron chi connectivity index (χ1n) is 6.92. The van der Waals surface area contributed by atoms with E-state index in [1.54, 1.807) is 0 Å². The van der Waals surface area contributed by atoms with Crippen molar-refractivity contribution in [1.82, 2.24) is 10.6 Å². The summed E-state index contributed by atoms with van der Waals surface area (Å²) >= 11 is 0. The summed E-state index contributed by atoms with van der Waals surface area (Å²) in [6.07, 6.45) is -0.130. The molecule has 20 heavy (non-hydrogen) atoms. The highest BCUT2D eigenvalue weighted by molar-refractivity contribution is 5.77. The lowest BCUT2D eigenvalue weighted by molar-refractivity contribution is -0.152. The van der Waals surface area contributed by atoms with Crippen molar-refractivity contribution in [2.45, 2.75) is 32.9 Å². The smallest absolute Gasteiger partial charge is 0.317 e. The molecular formula is C16H22N2O2. The molecule has 1 heterocycles. The Labute approximate surface area is 120 Å². The summed E-state index contributed by atoms with van der Waals surface area (Å²) in [6.45, 7) is 10.3. The van der Waals surface area contributed by atoms with Gasteiger partial charge in [-0.25, -0.2) is 0 Å². The van der Waals surface area contributed by atoms with Gasteiger partial charge in [-0.05, 0) is 31.9 Å². The minimum absolute atomic E-state index is 0.101. The Bertz CT molecular complexity index is 511. The van der Waals surface area contributed by atoms with Crippen LogP contribution in [0.4, 0.5) is 0 Å². The lowest BCUT2D eigenvalue weighted by Crippen LogP contribution is -2.48. The van der Waals surface area contributed by atoms with Crippen LogP contribution in [-0.4, -0.2) is 18.7 Å². The molecule has 2 atom stereocenters. The fraction of sp³-hybridized carbons (Fsp3) is 0.438. The highest BCUT2D eigenvalue weighted by Crippen LogP contribution is 2.31. The molecule has 1 aromatic carbocycles. The highest BCUT2D eigenvalue weighted by Gasteiger charge is 2.36. The molecule has 2 rings (SSSR count). The second kappa shape index (κ2) is 6.09. The van der Waals surface area contributed by atoms with Crippen molar-refractivity contribution in [3.63, 3.8) is 0 Å². The summed E-state index contributed by atoms with van der Waals surface area (Å²) in [5.41, 5.74) is 2.98. The molecule has 0 radical (unpaired) electrons. The third-order valence-electron chi connectivity index (χ3n) is 3.48. The third kappa shape index (κ3) is 3.02. The number of hydrogen-bond donors (Lipinski definition) is 2. The Balaban J connectivity index is 2.31. The molecule has 0 saturated carbocycles. The van der Waals surface area contributed by atoms with Gasteiger partial charge in [-0.1, -0.05) is 30.8 Å². The van der Waals surface area contributed by atoms with E-state index in [4.69, 9.17) is 4.74 Å². The molecule has 0 spiro atoms. The van der Waals surface area contributed by atoms with Gasteiger partial charge >= 0.3 is 5.97 Å². The van der Waals surface area contributed by atoms with Gasteiger partial charge in [0, 0.05) is 5.70 Å². The Morgan fingerprint density at radius 2 is 2.10 bits per heavy atom. The van der Waals surface area contributed by atoms with Crippen molar-refractivity contribution in [3.05, 3.63) is 47.7 Å². The largest absolute Gasteiger partial charge is 0.462 e. The van der Waals surface area contributed by atoms with Gasteiger partial charge in [-0.3, -0.25) is 10.1 Å². The summed E-state index contributed by atoms with van der Waals surface area (Å²) in [6, 6.07) is 7.97. The molecule has 1 saturated heterocycles. The van der Waals surface area contributed by atoms with Crippen LogP contribution in [0.1, 0.15) is 31.0 Å². The number of carbonyl (C=O) groups is 1. The van der Waals surface area contributed by atoms with Gasteiger partial charge in [0.15, 0.2) is 0 Å². The molecule has 2 unspecified atom stereocenters. The van der Waals surface area contributed by atoms with Crippen LogP contribution in [0.25, 0.3) is 0 Å². The van der Waals surface area contributed by atoms with E-state index in [-0.39, 0.29) is 18.1 Å². The first kappa shape index (κ1) is 14.6. The second-order valence-corrected chi connectivity index (χ2v) is 5.38. The number of rotatable bonds is 3. The van der Waals surface area contributed by atoms with Gasteiger partial charge < -0.3 is 10.1 Å². The van der Waals surface area contributed by atoms with Gasteiger partial charge in [0.05, 0.1) is 18.8 Å². The number of hydrogen-bond acceptors (Lipinski definition) is 4. The maximum absolute atomic E-state index is 12.4. The lowest BCUT2D eigenvalue weighted by atomic mass is 9.87. The predicted octanol–water partition coefficient (Wildman–Crippen LogP) is 2.27. The van der Waals surface area contributed by atoms with Crippen molar-refractivity contribution in [2.24, 2.45) is 5.92 Å². The van der Waals surface area contributed by atoms with Crippen LogP contribution < -0.4 is 10.6 Å². The van der Waals surface area contributed by atoms with Crippen LogP contribution in [-0.2, 0) is 9.53 Å². The van der Waals surface area contributed by atoms with Gasteiger partial charge in [0.25, 0.3) is 0 Å². The van der Waals surface area contributed by atoms with Crippen molar-refractivity contribution in [1.29, 1.82) is 0 Å². The van der Waals surface area contributed by atoms with E-state index in [0.29, 0.717) is 12.4 Å². The molecule has 1 aliphatic heterocycles. The molecule has 1 aromatic rings. The van der Waals surface area contributed by atoms with E-state index in [1.165, 1.54) is 0 Å². The van der Waals surface area contributed by atoms with E-state index < -0.39 is 5.92 Å². The number of benzene rings is 1. The van der Waals surface area contributed by atoms with E-state index >= 15 is 0 Å². The normalized spacial score (nSPS) is 22.5. The zero-order valence-corrected chi connectivity index (χ0v) is 12.3. The second-order valence-electron chi connectivity index (χ2n) is 5.38. The number of carbonyl (C=O) groups excluding carboxylic acids is 1. The molecule has 0 amide bonds. The third-order valence-corrected chi connectivity index (χ3v) is 3.48. The zero-order valence-electron chi connectivity index (χ0n) is 12.3. The number of aryl methyl sites for hydroxylation is 1. The maximum atomic E-state index is 12.4. The van der Waals surface area contributed by atoms with Crippen LogP contribution in [0.5, 0.6) is 0 Å². The number of nitrogens with one attached hydrogen (secondary N) is 2. The van der Waals surface area contributed by atoms with Crippen LogP contribution >= 0.6 is 0 Å². The Kier molecular flexibility index (Phi) is 4.45. The molecule has 108 valence electrons. The minimum Gasteiger partial charge on any atom is -0.462 e.